The Morgan fingerprint density at radius 1 is 1.05 bits per heavy atom. The molecular formula is C18H22O4. The Bertz CT molecular complexity index is 595. The lowest BCUT2D eigenvalue weighted by Gasteiger charge is -2.19. The second-order valence-corrected chi connectivity index (χ2v) is 6.04. The maximum Gasteiger partial charge on any atom is 0.333 e. The molecule has 1 aromatic rings. The van der Waals surface area contributed by atoms with Crippen LogP contribution in [-0.2, 0) is 16.0 Å². The van der Waals surface area contributed by atoms with Crippen LogP contribution in [0, 0.1) is 11.8 Å². The number of hydrogen-bond acceptors (Lipinski definition) is 4. The summed E-state index contributed by atoms with van der Waals surface area (Å²) in [6.45, 7) is 0. The number of fused-ring (bicyclic) bond motifs is 2. The van der Waals surface area contributed by atoms with Crippen LogP contribution in [-0.4, -0.2) is 27.3 Å². The second kappa shape index (κ2) is 6.03. The van der Waals surface area contributed by atoms with Gasteiger partial charge in [-0.25, -0.2) is 4.79 Å². The van der Waals surface area contributed by atoms with Crippen molar-refractivity contribution in [2.24, 2.45) is 11.8 Å². The number of carbonyl (C=O) groups excluding carboxylic acids is 1. The van der Waals surface area contributed by atoms with E-state index in [2.05, 4.69) is 0 Å². The van der Waals surface area contributed by atoms with E-state index in [4.69, 9.17) is 14.2 Å². The minimum atomic E-state index is -0.155. The zero-order chi connectivity index (χ0) is 15.7. The van der Waals surface area contributed by atoms with Crippen LogP contribution in [0.25, 0.3) is 0 Å². The molecule has 3 rings (SSSR count). The first kappa shape index (κ1) is 14.9. The maximum atomic E-state index is 12.1. The van der Waals surface area contributed by atoms with E-state index < -0.39 is 0 Å². The molecule has 1 saturated carbocycles. The van der Waals surface area contributed by atoms with E-state index in [1.54, 1.807) is 14.2 Å². The summed E-state index contributed by atoms with van der Waals surface area (Å²) in [5.74, 6) is 2.31. The molecule has 0 spiro atoms. The molecule has 2 unspecified atom stereocenters. The zero-order valence-corrected chi connectivity index (χ0v) is 13.3. The summed E-state index contributed by atoms with van der Waals surface area (Å²) in [6.07, 6.45) is 4.15. The number of hydrogen-bond donors (Lipinski definition) is 0. The van der Waals surface area contributed by atoms with Gasteiger partial charge in [-0.1, -0.05) is 5.57 Å². The fourth-order valence-electron chi connectivity index (χ4n) is 3.88. The lowest BCUT2D eigenvalue weighted by Crippen LogP contribution is -2.15. The molecule has 0 amide bonds. The fraction of sp³-hybridized carbons (Fsp3) is 0.500. The van der Waals surface area contributed by atoms with Crippen molar-refractivity contribution in [2.75, 3.05) is 21.3 Å². The van der Waals surface area contributed by atoms with E-state index in [0.717, 1.165) is 41.9 Å². The van der Waals surface area contributed by atoms with Gasteiger partial charge in [-0.05, 0) is 55.2 Å². The van der Waals surface area contributed by atoms with E-state index in [-0.39, 0.29) is 5.97 Å². The van der Waals surface area contributed by atoms with E-state index in [1.165, 1.54) is 19.1 Å². The highest BCUT2D eigenvalue weighted by Crippen LogP contribution is 2.50. The predicted molar refractivity (Wildman–Crippen MR) is 83.1 cm³/mol. The number of rotatable bonds is 5. The van der Waals surface area contributed by atoms with Crippen molar-refractivity contribution < 1.29 is 19.0 Å². The van der Waals surface area contributed by atoms with Gasteiger partial charge in [-0.3, -0.25) is 0 Å². The molecule has 0 aromatic heterocycles. The molecule has 1 aromatic carbocycles. The van der Waals surface area contributed by atoms with Gasteiger partial charge in [0.05, 0.1) is 21.3 Å². The van der Waals surface area contributed by atoms with Crippen LogP contribution >= 0.6 is 0 Å². The van der Waals surface area contributed by atoms with E-state index in [1.807, 2.05) is 18.2 Å². The molecule has 2 aliphatic carbocycles. The first-order chi connectivity index (χ1) is 10.7. The van der Waals surface area contributed by atoms with Gasteiger partial charge in [0, 0.05) is 11.6 Å². The quantitative estimate of drug-likeness (QED) is 0.784. The van der Waals surface area contributed by atoms with Gasteiger partial charge in [0.25, 0.3) is 0 Å². The SMILES string of the molecule is COC(=O)C1=C(Cc2cc(OC)cc(OC)c2)C2CCC1C2. The number of methoxy groups -OCH3 is 3. The van der Waals surface area contributed by atoms with Gasteiger partial charge in [-0.15, -0.1) is 0 Å². The molecule has 1 fully saturated rings. The summed E-state index contributed by atoms with van der Waals surface area (Å²) in [4.78, 5) is 12.1. The van der Waals surface area contributed by atoms with Crippen LogP contribution in [0.15, 0.2) is 29.3 Å². The molecule has 0 radical (unpaired) electrons. The van der Waals surface area contributed by atoms with Crippen molar-refractivity contribution in [1.82, 2.24) is 0 Å². The standard InChI is InChI=1S/C18H22O4/c1-20-14-6-11(7-15(10-14)21-2)8-16-12-4-5-13(9-12)17(16)18(19)22-3/h6-7,10,12-13H,4-5,8-9H2,1-3H3. The van der Waals surface area contributed by atoms with E-state index in [9.17, 15) is 4.79 Å². The highest BCUT2D eigenvalue weighted by molar-refractivity contribution is 5.91. The summed E-state index contributed by atoms with van der Waals surface area (Å²) in [5.41, 5.74) is 3.28. The van der Waals surface area contributed by atoms with Gasteiger partial charge >= 0.3 is 5.97 Å². The topological polar surface area (TPSA) is 44.8 Å². The summed E-state index contributed by atoms with van der Waals surface area (Å²) in [7, 11) is 4.76. The van der Waals surface area contributed by atoms with Crippen LogP contribution < -0.4 is 9.47 Å². The Labute approximate surface area is 131 Å². The molecule has 4 heteroatoms. The molecule has 2 bridgehead atoms. The number of ether oxygens (including phenoxy) is 3. The third kappa shape index (κ3) is 2.58. The molecule has 4 nitrogen and oxygen atoms in total. The van der Waals surface area contributed by atoms with Crippen molar-refractivity contribution in [2.45, 2.75) is 25.7 Å². The summed E-state index contributed by atoms with van der Waals surface area (Å²) in [6, 6.07) is 5.88. The average Bonchev–Trinajstić information content (AvgIpc) is 3.15. The van der Waals surface area contributed by atoms with Gasteiger partial charge in [-0.2, -0.15) is 0 Å². The Kier molecular flexibility index (Phi) is 4.10. The fourth-order valence-corrected chi connectivity index (χ4v) is 3.88. The van der Waals surface area contributed by atoms with Crippen molar-refractivity contribution in [3.05, 3.63) is 34.9 Å². The Hall–Kier alpha value is -1.97. The summed E-state index contributed by atoms with van der Waals surface area (Å²) < 4.78 is 15.7. The van der Waals surface area contributed by atoms with Gasteiger partial charge < -0.3 is 14.2 Å². The highest BCUT2D eigenvalue weighted by atomic mass is 16.5. The van der Waals surface area contributed by atoms with Crippen LogP contribution in [0.4, 0.5) is 0 Å². The minimum absolute atomic E-state index is 0.155. The molecular weight excluding hydrogens is 280 g/mol. The third-order valence-electron chi connectivity index (χ3n) is 4.89. The molecule has 0 aliphatic heterocycles. The van der Waals surface area contributed by atoms with Crippen molar-refractivity contribution in [1.29, 1.82) is 0 Å². The first-order valence-corrected chi connectivity index (χ1v) is 7.69. The monoisotopic (exact) mass is 302 g/mol. The predicted octanol–water partition coefficient (Wildman–Crippen LogP) is 3.15. The summed E-state index contributed by atoms with van der Waals surface area (Å²) >= 11 is 0. The van der Waals surface area contributed by atoms with Crippen molar-refractivity contribution in [3.63, 3.8) is 0 Å². The normalized spacial score (nSPS) is 22.9. The van der Waals surface area contributed by atoms with Gasteiger partial charge in [0.2, 0.25) is 0 Å². The Balaban J connectivity index is 1.94. The third-order valence-corrected chi connectivity index (χ3v) is 4.89. The molecule has 22 heavy (non-hydrogen) atoms. The number of esters is 1. The van der Waals surface area contributed by atoms with E-state index >= 15 is 0 Å². The minimum Gasteiger partial charge on any atom is -0.497 e. The van der Waals surface area contributed by atoms with Gasteiger partial charge in [0.1, 0.15) is 11.5 Å². The Morgan fingerprint density at radius 2 is 1.68 bits per heavy atom. The van der Waals surface area contributed by atoms with Crippen LogP contribution in [0.1, 0.15) is 24.8 Å². The number of carbonyl (C=O) groups is 1. The largest absolute Gasteiger partial charge is 0.497 e. The van der Waals surface area contributed by atoms with Crippen LogP contribution in [0.2, 0.25) is 0 Å². The average molecular weight is 302 g/mol. The number of allylic oxidation sites excluding steroid dienone is 1. The smallest absolute Gasteiger partial charge is 0.333 e. The second-order valence-electron chi connectivity index (χ2n) is 6.04. The zero-order valence-electron chi connectivity index (χ0n) is 13.3. The Morgan fingerprint density at radius 3 is 2.27 bits per heavy atom. The molecule has 0 saturated heterocycles. The molecule has 2 aliphatic rings. The highest BCUT2D eigenvalue weighted by Gasteiger charge is 2.42. The van der Waals surface area contributed by atoms with Gasteiger partial charge in [0.15, 0.2) is 0 Å². The lowest BCUT2D eigenvalue weighted by molar-refractivity contribution is -0.136. The first-order valence-electron chi connectivity index (χ1n) is 7.69. The van der Waals surface area contributed by atoms with Crippen molar-refractivity contribution in [3.8, 4) is 11.5 Å². The van der Waals surface area contributed by atoms with Crippen molar-refractivity contribution >= 4 is 5.97 Å². The molecule has 0 heterocycles. The summed E-state index contributed by atoms with van der Waals surface area (Å²) in [5, 5.41) is 0. The van der Waals surface area contributed by atoms with Crippen LogP contribution in [0.5, 0.6) is 11.5 Å². The number of benzene rings is 1. The molecule has 118 valence electrons. The molecule has 0 N–H and O–H groups in total. The van der Waals surface area contributed by atoms with Crippen LogP contribution in [0.3, 0.4) is 0 Å². The molecule has 2 atom stereocenters. The maximum absolute atomic E-state index is 12.1. The lowest BCUT2D eigenvalue weighted by atomic mass is 9.87. The van der Waals surface area contributed by atoms with E-state index in [0.29, 0.717) is 11.8 Å².